The largest absolute Gasteiger partial charge is 0.394 e. The highest BCUT2D eigenvalue weighted by Crippen LogP contribution is 2.45. The molecule has 2 aromatic carbocycles. The number of fused-ring (bicyclic) bond motifs is 2. The molecule has 0 saturated carbocycles. The van der Waals surface area contributed by atoms with E-state index in [1.54, 1.807) is 0 Å². The molecule has 4 heteroatoms. The maximum absolute atomic E-state index is 10.2. The molecular formula is C22H26O4. The zero-order valence-corrected chi connectivity index (χ0v) is 15.1. The standard InChI is InChI=1S/C22H26O4/c1-2-15-3-5-16(6-4-15)9-17-7-8-18-14-25-22(21(18)10-17)12-19(24)11-20(13-23)26-22/h3-8,10,19-20,23-24H,2,9,11-14H2,1H3. The highest BCUT2D eigenvalue weighted by atomic mass is 16.7. The third-order valence-corrected chi connectivity index (χ3v) is 5.48. The number of aliphatic hydroxyl groups is 2. The molecule has 3 unspecified atom stereocenters. The summed E-state index contributed by atoms with van der Waals surface area (Å²) >= 11 is 0. The average molecular weight is 354 g/mol. The van der Waals surface area contributed by atoms with Crippen molar-refractivity contribution < 1.29 is 19.7 Å². The highest BCUT2D eigenvalue weighted by molar-refractivity contribution is 5.40. The lowest BCUT2D eigenvalue weighted by Gasteiger charge is -2.40. The number of aryl methyl sites for hydroxylation is 1. The van der Waals surface area contributed by atoms with Crippen molar-refractivity contribution in [2.45, 2.75) is 57.2 Å². The molecule has 2 aromatic rings. The second-order valence-electron chi connectivity index (χ2n) is 7.40. The summed E-state index contributed by atoms with van der Waals surface area (Å²) in [4.78, 5) is 0. The minimum atomic E-state index is -0.928. The van der Waals surface area contributed by atoms with Crippen LogP contribution in [0.25, 0.3) is 0 Å². The van der Waals surface area contributed by atoms with E-state index in [-0.39, 0.29) is 6.61 Å². The number of hydrogen-bond donors (Lipinski definition) is 2. The van der Waals surface area contributed by atoms with Crippen molar-refractivity contribution in [2.24, 2.45) is 0 Å². The Morgan fingerprint density at radius 1 is 1.08 bits per heavy atom. The topological polar surface area (TPSA) is 58.9 Å². The molecule has 0 aliphatic carbocycles. The molecule has 1 spiro atoms. The van der Waals surface area contributed by atoms with Crippen LogP contribution < -0.4 is 0 Å². The first-order valence-corrected chi connectivity index (χ1v) is 9.42. The molecule has 0 bridgehead atoms. The van der Waals surface area contributed by atoms with Crippen LogP contribution in [0.1, 0.15) is 47.6 Å². The van der Waals surface area contributed by atoms with E-state index >= 15 is 0 Å². The molecule has 138 valence electrons. The van der Waals surface area contributed by atoms with E-state index < -0.39 is 18.0 Å². The van der Waals surface area contributed by atoms with Crippen molar-refractivity contribution in [2.75, 3.05) is 6.61 Å². The molecule has 2 aliphatic rings. The molecule has 1 saturated heterocycles. The van der Waals surface area contributed by atoms with Gasteiger partial charge in [-0.1, -0.05) is 43.3 Å². The maximum Gasteiger partial charge on any atom is 0.198 e. The van der Waals surface area contributed by atoms with Crippen molar-refractivity contribution in [1.82, 2.24) is 0 Å². The maximum atomic E-state index is 10.2. The van der Waals surface area contributed by atoms with Gasteiger partial charge in [0.25, 0.3) is 0 Å². The Hall–Kier alpha value is -1.72. The summed E-state index contributed by atoms with van der Waals surface area (Å²) in [6.07, 6.45) is 1.82. The lowest BCUT2D eigenvalue weighted by molar-refractivity contribution is -0.302. The second-order valence-corrected chi connectivity index (χ2v) is 7.40. The number of aliphatic hydroxyl groups excluding tert-OH is 2. The average Bonchev–Trinajstić information content (AvgIpc) is 2.99. The van der Waals surface area contributed by atoms with Crippen LogP contribution in [-0.2, 0) is 34.7 Å². The van der Waals surface area contributed by atoms with Crippen molar-refractivity contribution >= 4 is 0 Å². The first-order valence-electron chi connectivity index (χ1n) is 9.42. The molecule has 2 N–H and O–H groups in total. The Balaban J connectivity index is 1.61. The van der Waals surface area contributed by atoms with Crippen LogP contribution in [0.4, 0.5) is 0 Å². The van der Waals surface area contributed by atoms with Crippen LogP contribution in [0.2, 0.25) is 0 Å². The van der Waals surface area contributed by atoms with Crippen molar-refractivity contribution in [1.29, 1.82) is 0 Å². The Morgan fingerprint density at radius 3 is 2.54 bits per heavy atom. The molecule has 0 amide bonds. The molecule has 1 fully saturated rings. The number of hydrogen-bond acceptors (Lipinski definition) is 4. The molecule has 4 nitrogen and oxygen atoms in total. The molecule has 26 heavy (non-hydrogen) atoms. The minimum Gasteiger partial charge on any atom is -0.394 e. The third-order valence-electron chi connectivity index (χ3n) is 5.48. The number of ether oxygens (including phenoxy) is 2. The molecule has 4 rings (SSSR count). The minimum absolute atomic E-state index is 0.110. The summed E-state index contributed by atoms with van der Waals surface area (Å²) in [6.45, 7) is 2.53. The number of rotatable bonds is 4. The van der Waals surface area contributed by atoms with Gasteiger partial charge in [-0.3, -0.25) is 0 Å². The summed E-state index contributed by atoms with van der Waals surface area (Å²) in [5.74, 6) is -0.928. The van der Waals surface area contributed by atoms with Gasteiger partial charge >= 0.3 is 0 Å². The van der Waals surface area contributed by atoms with Crippen molar-refractivity contribution in [3.8, 4) is 0 Å². The normalized spacial score (nSPS) is 27.7. The fourth-order valence-corrected chi connectivity index (χ4v) is 4.06. The second kappa shape index (κ2) is 7.12. The van der Waals surface area contributed by atoms with Crippen molar-refractivity contribution in [3.05, 3.63) is 70.3 Å². The number of benzene rings is 2. The van der Waals surface area contributed by atoms with E-state index in [1.165, 1.54) is 16.7 Å². The first-order chi connectivity index (χ1) is 12.6. The van der Waals surface area contributed by atoms with E-state index in [1.807, 2.05) is 0 Å². The molecule has 3 atom stereocenters. The summed E-state index contributed by atoms with van der Waals surface area (Å²) in [5.41, 5.74) is 5.91. The predicted molar refractivity (Wildman–Crippen MR) is 98.7 cm³/mol. The van der Waals surface area contributed by atoms with Crippen LogP contribution in [0.15, 0.2) is 42.5 Å². The van der Waals surface area contributed by atoms with Gasteiger partial charge < -0.3 is 19.7 Å². The van der Waals surface area contributed by atoms with E-state index in [2.05, 4.69) is 49.4 Å². The monoisotopic (exact) mass is 354 g/mol. The fourth-order valence-electron chi connectivity index (χ4n) is 4.06. The smallest absolute Gasteiger partial charge is 0.198 e. The summed E-state index contributed by atoms with van der Waals surface area (Å²) in [5, 5.41) is 19.7. The van der Waals surface area contributed by atoms with Crippen LogP contribution in [0, 0.1) is 0 Å². The van der Waals surface area contributed by atoms with E-state index in [0.717, 1.165) is 24.0 Å². The first kappa shape index (κ1) is 17.7. The van der Waals surface area contributed by atoms with Gasteiger partial charge in [0.1, 0.15) is 0 Å². The molecular weight excluding hydrogens is 328 g/mol. The van der Waals surface area contributed by atoms with Crippen LogP contribution in [-0.4, -0.2) is 29.0 Å². The lowest BCUT2D eigenvalue weighted by atomic mass is 9.90. The molecule has 2 heterocycles. The Morgan fingerprint density at radius 2 is 1.81 bits per heavy atom. The Bertz CT molecular complexity index is 770. The van der Waals surface area contributed by atoms with Gasteiger partial charge in [0.05, 0.1) is 25.4 Å². The predicted octanol–water partition coefficient (Wildman–Crippen LogP) is 3.06. The quantitative estimate of drug-likeness (QED) is 0.886. The van der Waals surface area contributed by atoms with Gasteiger partial charge in [-0.05, 0) is 41.2 Å². The SMILES string of the molecule is CCc1ccc(Cc2ccc3c(c2)C2(CC(O)CC(CO)O2)OC3)cc1. The highest BCUT2D eigenvalue weighted by Gasteiger charge is 2.48. The fraction of sp³-hybridized carbons (Fsp3) is 0.455. The summed E-state index contributed by atoms with van der Waals surface area (Å²) < 4.78 is 12.1. The molecule has 0 aromatic heterocycles. The van der Waals surface area contributed by atoms with Gasteiger partial charge in [-0.2, -0.15) is 0 Å². The van der Waals surface area contributed by atoms with Gasteiger partial charge in [0, 0.05) is 18.4 Å². The third kappa shape index (κ3) is 3.30. The Labute approximate surface area is 154 Å². The van der Waals surface area contributed by atoms with Gasteiger partial charge in [0.15, 0.2) is 5.79 Å². The summed E-state index contributed by atoms with van der Waals surface area (Å²) in [7, 11) is 0. The van der Waals surface area contributed by atoms with Gasteiger partial charge in [-0.15, -0.1) is 0 Å². The van der Waals surface area contributed by atoms with Gasteiger partial charge in [0.2, 0.25) is 0 Å². The molecule has 0 radical (unpaired) electrons. The van der Waals surface area contributed by atoms with E-state index in [9.17, 15) is 10.2 Å². The Kier molecular flexibility index (Phi) is 4.84. The van der Waals surface area contributed by atoms with Gasteiger partial charge in [-0.25, -0.2) is 0 Å². The zero-order chi connectivity index (χ0) is 18.1. The summed E-state index contributed by atoms with van der Waals surface area (Å²) in [6, 6.07) is 15.1. The van der Waals surface area contributed by atoms with Crippen LogP contribution in [0.5, 0.6) is 0 Å². The zero-order valence-electron chi connectivity index (χ0n) is 15.1. The van der Waals surface area contributed by atoms with Crippen molar-refractivity contribution in [3.63, 3.8) is 0 Å². The van der Waals surface area contributed by atoms with E-state index in [4.69, 9.17) is 9.47 Å². The van der Waals surface area contributed by atoms with Crippen LogP contribution in [0.3, 0.4) is 0 Å². The molecule has 2 aliphatic heterocycles. The van der Waals surface area contributed by atoms with E-state index in [0.29, 0.717) is 19.4 Å². The lowest BCUT2D eigenvalue weighted by Crippen LogP contribution is -2.45. The van der Waals surface area contributed by atoms with Crippen LogP contribution >= 0.6 is 0 Å².